The van der Waals surface area contributed by atoms with Crippen LogP contribution >= 0.6 is 0 Å². The molecule has 9 heteroatoms. The standard InChI is InChI=1S/C36H43FN4O4/c37-30-15-5-4-13-28(30)25-38-35(43)31-16-6-7-23-45-29-14-8-10-26(24-29)18-19-34(42)39-32(36(44)40-31)20-22-41-21-9-17-33(41)27-11-2-1-3-12-27/h1-5,8,10-15,24,31-33H,6-7,9,16-23,25H2,(H,38,43)(H,39,42)(H,40,44)/t31-,32-,33+/m0/s1. The zero-order valence-corrected chi connectivity index (χ0v) is 25.7. The second-order valence-corrected chi connectivity index (χ2v) is 11.9. The van der Waals surface area contributed by atoms with Gasteiger partial charge >= 0.3 is 0 Å². The second-order valence-electron chi connectivity index (χ2n) is 11.9. The molecular formula is C36H43FN4O4. The van der Waals surface area contributed by atoms with Crippen molar-refractivity contribution >= 4 is 17.7 Å². The molecule has 1 fully saturated rings. The number of benzene rings is 3. The van der Waals surface area contributed by atoms with E-state index in [1.165, 1.54) is 11.6 Å². The fraction of sp³-hybridized carbons (Fsp3) is 0.417. The van der Waals surface area contributed by atoms with E-state index < -0.39 is 29.7 Å². The van der Waals surface area contributed by atoms with Crippen LogP contribution in [0, 0.1) is 5.82 Å². The number of halogens is 1. The quantitative estimate of drug-likeness (QED) is 0.354. The first-order valence-corrected chi connectivity index (χ1v) is 16.1. The molecule has 3 amide bonds. The van der Waals surface area contributed by atoms with Crippen LogP contribution in [-0.2, 0) is 27.3 Å². The Morgan fingerprint density at radius 2 is 1.73 bits per heavy atom. The van der Waals surface area contributed by atoms with Gasteiger partial charge in [0.15, 0.2) is 0 Å². The highest BCUT2D eigenvalue weighted by molar-refractivity contribution is 5.92. The fourth-order valence-corrected chi connectivity index (χ4v) is 6.15. The van der Waals surface area contributed by atoms with Crippen LogP contribution in [0.4, 0.5) is 4.39 Å². The van der Waals surface area contributed by atoms with Crippen LogP contribution in [0.3, 0.4) is 0 Å². The fourth-order valence-electron chi connectivity index (χ4n) is 6.15. The van der Waals surface area contributed by atoms with E-state index in [0.29, 0.717) is 50.8 Å². The molecule has 0 spiro atoms. The van der Waals surface area contributed by atoms with E-state index in [0.717, 1.165) is 30.7 Å². The van der Waals surface area contributed by atoms with E-state index in [-0.39, 0.29) is 24.9 Å². The molecule has 2 aliphatic heterocycles. The van der Waals surface area contributed by atoms with Crippen molar-refractivity contribution in [1.82, 2.24) is 20.9 Å². The van der Waals surface area contributed by atoms with Crippen molar-refractivity contribution in [3.05, 3.63) is 101 Å². The zero-order valence-electron chi connectivity index (χ0n) is 25.7. The molecule has 3 aromatic rings. The van der Waals surface area contributed by atoms with Gasteiger partial charge in [0.05, 0.1) is 6.61 Å². The topological polar surface area (TPSA) is 99.8 Å². The third kappa shape index (κ3) is 9.38. The number of rotatable bonds is 7. The van der Waals surface area contributed by atoms with Gasteiger partial charge in [0.2, 0.25) is 17.7 Å². The number of nitrogens with zero attached hydrogens (tertiary/aromatic N) is 1. The molecule has 45 heavy (non-hydrogen) atoms. The first kappa shape index (κ1) is 32.2. The van der Waals surface area contributed by atoms with E-state index in [9.17, 15) is 18.8 Å². The first-order valence-electron chi connectivity index (χ1n) is 16.1. The predicted octanol–water partition coefficient (Wildman–Crippen LogP) is 4.83. The van der Waals surface area contributed by atoms with E-state index in [1.54, 1.807) is 18.2 Å². The lowest BCUT2D eigenvalue weighted by Crippen LogP contribution is -2.54. The van der Waals surface area contributed by atoms with Gasteiger partial charge in [-0.1, -0.05) is 60.7 Å². The summed E-state index contributed by atoms with van der Waals surface area (Å²) in [6, 6.07) is 23.0. The molecule has 5 rings (SSSR count). The maximum absolute atomic E-state index is 14.2. The molecular weight excluding hydrogens is 571 g/mol. The van der Waals surface area contributed by atoms with Crippen molar-refractivity contribution < 1.29 is 23.5 Å². The molecule has 0 radical (unpaired) electrons. The Morgan fingerprint density at radius 1 is 0.911 bits per heavy atom. The van der Waals surface area contributed by atoms with Gasteiger partial charge in [-0.2, -0.15) is 0 Å². The molecule has 1 saturated heterocycles. The van der Waals surface area contributed by atoms with Crippen LogP contribution in [0.25, 0.3) is 0 Å². The number of ether oxygens (including phenoxy) is 1. The lowest BCUT2D eigenvalue weighted by atomic mass is 10.0. The van der Waals surface area contributed by atoms with Crippen molar-refractivity contribution in [3.63, 3.8) is 0 Å². The first-order chi connectivity index (χ1) is 22.0. The number of hydrogen-bond acceptors (Lipinski definition) is 5. The number of carbonyl (C=O) groups excluding carboxylic acids is 3. The molecule has 0 saturated carbocycles. The smallest absolute Gasteiger partial charge is 0.243 e. The van der Waals surface area contributed by atoms with Gasteiger partial charge in [-0.3, -0.25) is 19.3 Å². The van der Waals surface area contributed by atoms with Gasteiger partial charge in [-0.15, -0.1) is 0 Å². The third-order valence-corrected chi connectivity index (χ3v) is 8.64. The minimum Gasteiger partial charge on any atom is -0.494 e. The Bertz CT molecular complexity index is 1440. The molecule has 0 aromatic heterocycles. The summed E-state index contributed by atoms with van der Waals surface area (Å²) in [6.45, 7) is 2.01. The average molecular weight is 615 g/mol. The monoisotopic (exact) mass is 614 g/mol. The predicted molar refractivity (Wildman–Crippen MR) is 171 cm³/mol. The summed E-state index contributed by atoms with van der Waals surface area (Å²) in [4.78, 5) is 42.7. The van der Waals surface area contributed by atoms with E-state index >= 15 is 0 Å². The maximum Gasteiger partial charge on any atom is 0.243 e. The van der Waals surface area contributed by atoms with Gasteiger partial charge in [0, 0.05) is 31.1 Å². The molecule has 0 aliphatic carbocycles. The van der Waals surface area contributed by atoms with Gasteiger partial charge in [0.25, 0.3) is 0 Å². The average Bonchev–Trinajstić information content (AvgIpc) is 3.53. The molecule has 3 aromatic carbocycles. The molecule has 3 atom stereocenters. The highest BCUT2D eigenvalue weighted by atomic mass is 19.1. The maximum atomic E-state index is 14.2. The number of aryl methyl sites for hydroxylation is 1. The molecule has 8 nitrogen and oxygen atoms in total. The SMILES string of the molecule is O=C1CCc2cccc(c2)OCCCC[C@@H](C(=O)NCc2ccccc2F)NC(=O)[C@H](CCN2CCC[C@@H]2c2ccccc2)N1. The molecule has 0 unspecified atom stereocenters. The Morgan fingerprint density at radius 3 is 2.58 bits per heavy atom. The number of carbonyl (C=O) groups is 3. The van der Waals surface area contributed by atoms with Crippen LogP contribution in [0.1, 0.15) is 67.7 Å². The molecule has 2 aliphatic rings. The minimum absolute atomic E-state index is 0.00727. The number of nitrogens with one attached hydrogen (secondary N) is 3. The number of likely N-dealkylation sites (tertiary alicyclic amines) is 1. The van der Waals surface area contributed by atoms with E-state index in [1.807, 2.05) is 42.5 Å². The number of hydrogen-bond donors (Lipinski definition) is 3. The van der Waals surface area contributed by atoms with Crippen molar-refractivity contribution in [2.24, 2.45) is 0 Å². The summed E-state index contributed by atoms with van der Waals surface area (Å²) in [5, 5.41) is 8.69. The summed E-state index contributed by atoms with van der Waals surface area (Å²) in [5.74, 6) is -0.677. The highest BCUT2D eigenvalue weighted by Crippen LogP contribution is 2.31. The summed E-state index contributed by atoms with van der Waals surface area (Å²) < 4.78 is 20.1. The normalized spacial score (nSPS) is 21.8. The molecule has 2 heterocycles. The van der Waals surface area contributed by atoms with Crippen LogP contribution in [0.15, 0.2) is 78.9 Å². The van der Waals surface area contributed by atoms with Crippen molar-refractivity contribution in [2.75, 3.05) is 19.7 Å². The van der Waals surface area contributed by atoms with Crippen LogP contribution in [-0.4, -0.2) is 54.4 Å². The van der Waals surface area contributed by atoms with E-state index in [4.69, 9.17) is 4.74 Å². The Balaban J connectivity index is 1.31. The lowest BCUT2D eigenvalue weighted by Gasteiger charge is -2.28. The lowest BCUT2D eigenvalue weighted by molar-refractivity contribution is -0.132. The van der Waals surface area contributed by atoms with Crippen molar-refractivity contribution in [2.45, 2.75) is 76.0 Å². The summed E-state index contributed by atoms with van der Waals surface area (Å²) >= 11 is 0. The Kier molecular flexibility index (Phi) is 11.6. The van der Waals surface area contributed by atoms with Gasteiger partial charge in [-0.05, 0) is 80.8 Å². The third-order valence-electron chi connectivity index (χ3n) is 8.64. The zero-order chi connectivity index (χ0) is 31.4. The van der Waals surface area contributed by atoms with E-state index in [2.05, 4.69) is 33.0 Å². The highest BCUT2D eigenvalue weighted by Gasteiger charge is 2.30. The molecule has 238 valence electrons. The minimum atomic E-state index is -0.844. The summed E-state index contributed by atoms with van der Waals surface area (Å²) in [5.41, 5.74) is 2.61. The van der Waals surface area contributed by atoms with Crippen LogP contribution in [0.2, 0.25) is 0 Å². The van der Waals surface area contributed by atoms with Gasteiger partial charge in [-0.25, -0.2) is 4.39 Å². The Labute approximate surface area is 264 Å². The summed E-state index contributed by atoms with van der Waals surface area (Å²) in [6.07, 6.45) is 4.94. The number of amides is 3. The second kappa shape index (κ2) is 16.2. The van der Waals surface area contributed by atoms with Crippen molar-refractivity contribution in [1.29, 1.82) is 0 Å². The van der Waals surface area contributed by atoms with Gasteiger partial charge in [0.1, 0.15) is 23.7 Å². The Hall–Kier alpha value is -4.24. The number of fused-ring (bicyclic) bond motifs is 2. The van der Waals surface area contributed by atoms with Gasteiger partial charge < -0.3 is 20.7 Å². The van der Waals surface area contributed by atoms with Crippen molar-refractivity contribution in [3.8, 4) is 5.75 Å². The van der Waals surface area contributed by atoms with Crippen LogP contribution < -0.4 is 20.7 Å². The summed E-state index contributed by atoms with van der Waals surface area (Å²) in [7, 11) is 0. The molecule has 2 bridgehead atoms. The largest absolute Gasteiger partial charge is 0.494 e. The molecule has 3 N–H and O–H groups in total. The van der Waals surface area contributed by atoms with Crippen LogP contribution in [0.5, 0.6) is 5.75 Å².